The van der Waals surface area contributed by atoms with Crippen molar-refractivity contribution >= 4 is 17.8 Å². The molecule has 0 aromatic carbocycles. The van der Waals surface area contributed by atoms with Crippen molar-refractivity contribution in [2.45, 2.75) is 13.8 Å². The van der Waals surface area contributed by atoms with Crippen LogP contribution in [0.3, 0.4) is 0 Å². The zero-order valence-corrected chi connectivity index (χ0v) is 13.0. The average Bonchev–Trinajstić information content (AvgIpc) is 2.87. The van der Waals surface area contributed by atoms with Crippen LogP contribution in [0.25, 0.3) is 6.08 Å². The number of esters is 1. The molecule has 116 valence electrons. The van der Waals surface area contributed by atoms with Crippen LogP contribution in [0.5, 0.6) is 0 Å². The van der Waals surface area contributed by atoms with Crippen molar-refractivity contribution in [1.29, 1.82) is 5.26 Å². The summed E-state index contributed by atoms with van der Waals surface area (Å²) in [5.74, 6) is -1.00. The number of nitriles is 1. The van der Waals surface area contributed by atoms with E-state index in [2.05, 4.69) is 9.97 Å². The van der Waals surface area contributed by atoms with E-state index in [9.17, 15) is 14.9 Å². The van der Waals surface area contributed by atoms with Crippen molar-refractivity contribution in [2.24, 2.45) is 0 Å². The second-order valence-corrected chi connectivity index (χ2v) is 4.90. The van der Waals surface area contributed by atoms with Crippen LogP contribution in [0.4, 0.5) is 0 Å². The van der Waals surface area contributed by atoms with Gasteiger partial charge in [-0.15, -0.1) is 0 Å². The van der Waals surface area contributed by atoms with Gasteiger partial charge in [-0.2, -0.15) is 5.26 Å². The Balaban J connectivity index is 2.46. The Bertz CT molecular complexity index is 827. The van der Waals surface area contributed by atoms with Crippen LogP contribution in [0, 0.1) is 25.2 Å². The molecule has 0 fully saturated rings. The minimum Gasteiger partial charge on any atom is -0.465 e. The first-order valence-electron chi connectivity index (χ1n) is 6.83. The number of allylic oxidation sites excluding steroid dienone is 1. The summed E-state index contributed by atoms with van der Waals surface area (Å²) in [6.07, 6.45) is 4.62. The fourth-order valence-electron chi connectivity index (χ4n) is 2.30. The van der Waals surface area contributed by atoms with Crippen LogP contribution in [-0.4, -0.2) is 28.8 Å². The monoisotopic (exact) mass is 309 g/mol. The first kappa shape index (κ1) is 16.2. The van der Waals surface area contributed by atoms with Crippen molar-refractivity contribution in [2.75, 3.05) is 7.11 Å². The third-order valence-corrected chi connectivity index (χ3v) is 3.41. The number of pyridine rings is 1. The van der Waals surface area contributed by atoms with E-state index in [1.807, 2.05) is 6.07 Å². The van der Waals surface area contributed by atoms with E-state index in [0.717, 1.165) is 0 Å². The molecule has 6 heteroatoms. The summed E-state index contributed by atoms with van der Waals surface area (Å²) >= 11 is 0. The molecule has 0 aliphatic carbocycles. The number of nitrogens with one attached hydrogen (secondary N) is 1. The first-order valence-corrected chi connectivity index (χ1v) is 6.83. The molecule has 2 aromatic heterocycles. The van der Waals surface area contributed by atoms with Gasteiger partial charge in [0.05, 0.1) is 18.4 Å². The van der Waals surface area contributed by atoms with E-state index in [1.165, 1.54) is 13.2 Å². The van der Waals surface area contributed by atoms with Gasteiger partial charge < -0.3 is 9.72 Å². The summed E-state index contributed by atoms with van der Waals surface area (Å²) in [6, 6.07) is 5.35. The highest BCUT2D eigenvalue weighted by Crippen LogP contribution is 2.22. The second-order valence-electron chi connectivity index (χ2n) is 4.90. The molecule has 0 saturated heterocycles. The standard InChI is InChI=1S/C17H15N3O3/c1-10-14(17(22)23-3)11(2)20-15(10)16(21)13(8-18)7-12-5-4-6-19-9-12/h4-7,9,20H,1-3H3/b13-7+. The van der Waals surface area contributed by atoms with Gasteiger partial charge in [0.2, 0.25) is 5.78 Å². The number of nitrogens with zero attached hydrogens (tertiary/aromatic N) is 2. The fourth-order valence-corrected chi connectivity index (χ4v) is 2.30. The van der Waals surface area contributed by atoms with Gasteiger partial charge in [0, 0.05) is 18.1 Å². The molecule has 0 atom stereocenters. The van der Waals surface area contributed by atoms with Gasteiger partial charge in [0.1, 0.15) is 11.6 Å². The lowest BCUT2D eigenvalue weighted by Gasteiger charge is -2.01. The molecule has 0 unspecified atom stereocenters. The van der Waals surface area contributed by atoms with E-state index in [-0.39, 0.29) is 11.3 Å². The smallest absolute Gasteiger partial charge is 0.339 e. The highest BCUT2D eigenvalue weighted by Gasteiger charge is 2.24. The Kier molecular flexibility index (Phi) is 4.72. The number of carbonyl (C=O) groups excluding carboxylic acids is 2. The number of ether oxygens (including phenoxy) is 1. The molecular formula is C17H15N3O3. The molecule has 23 heavy (non-hydrogen) atoms. The number of aromatic nitrogens is 2. The lowest BCUT2D eigenvalue weighted by atomic mass is 10.0. The molecule has 0 saturated carbocycles. The van der Waals surface area contributed by atoms with Gasteiger partial charge in [0.25, 0.3) is 0 Å². The molecule has 0 aliphatic rings. The Hall–Kier alpha value is -3.20. The summed E-state index contributed by atoms with van der Waals surface area (Å²) in [5.41, 5.74) is 2.11. The van der Waals surface area contributed by atoms with Gasteiger partial charge in [-0.1, -0.05) is 6.07 Å². The number of carbonyl (C=O) groups is 2. The summed E-state index contributed by atoms with van der Waals surface area (Å²) in [4.78, 5) is 31.2. The topological polar surface area (TPSA) is 95.8 Å². The highest BCUT2D eigenvalue weighted by atomic mass is 16.5. The Labute approximate surface area is 133 Å². The predicted octanol–water partition coefficient (Wildman–Crippen LogP) is 2.60. The minimum absolute atomic E-state index is 0.0428. The normalized spacial score (nSPS) is 11.0. The van der Waals surface area contributed by atoms with Gasteiger partial charge in [-0.25, -0.2) is 4.79 Å². The van der Waals surface area contributed by atoms with Crippen molar-refractivity contribution in [3.05, 3.63) is 58.2 Å². The molecule has 0 spiro atoms. The minimum atomic E-state index is -0.523. The van der Waals surface area contributed by atoms with Crippen molar-refractivity contribution in [1.82, 2.24) is 9.97 Å². The van der Waals surface area contributed by atoms with E-state index < -0.39 is 11.8 Å². The number of hydrogen-bond acceptors (Lipinski definition) is 5. The van der Waals surface area contributed by atoms with E-state index in [0.29, 0.717) is 22.4 Å². The van der Waals surface area contributed by atoms with Crippen LogP contribution in [0.15, 0.2) is 30.1 Å². The van der Waals surface area contributed by atoms with Gasteiger partial charge in [-0.05, 0) is 37.1 Å². The molecule has 2 aromatic rings. The number of ketones is 1. The van der Waals surface area contributed by atoms with Crippen LogP contribution in [0.2, 0.25) is 0 Å². The summed E-state index contributed by atoms with van der Waals surface area (Å²) < 4.78 is 4.72. The predicted molar refractivity (Wildman–Crippen MR) is 83.8 cm³/mol. The second kappa shape index (κ2) is 6.71. The zero-order chi connectivity index (χ0) is 17.0. The van der Waals surface area contributed by atoms with Crippen LogP contribution >= 0.6 is 0 Å². The number of aryl methyl sites for hydroxylation is 1. The summed E-state index contributed by atoms with van der Waals surface area (Å²) in [6.45, 7) is 3.31. The third-order valence-electron chi connectivity index (χ3n) is 3.41. The number of methoxy groups -OCH3 is 1. The van der Waals surface area contributed by atoms with Crippen LogP contribution < -0.4 is 0 Å². The Morgan fingerprint density at radius 3 is 2.70 bits per heavy atom. The van der Waals surface area contributed by atoms with Gasteiger partial charge >= 0.3 is 5.97 Å². The number of Topliss-reactive ketones (excluding diaryl/α,β-unsaturated/α-hetero) is 1. The molecule has 2 heterocycles. The molecular weight excluding hydrogens is 294 g/mol. The fraction of sp³-hybridized carbons (Fsp3) is 0.176. The SMILES string of the molecule is COC(=O)c1c(C)[nH]c(C(=O)/C(C#N)=C/c2cccnc2)c1C. The zero-order valence-electron chi connectivity index (χ0n) is 13.0. The number of hydrogen-bond donors (Lipinski definition) is 1. The highest BCUT2D eigenvalue weighted by molar-refractivity contribution is 6.15. The molecule has 0 bridgehead atoms. The summed E-state index contributed by atoms with van der Waals surface area (Å²) in [7, 11) is 1.28. The third kappa shape index (κ3) is 3.19. The molecule has 1 N–H and O–H groups in total. The largest absolute Gasteiger partial charge is 0.465 e. The number of H-pyrrole nitrogens is 1. The van der Waals surface area contributed by atoms with Crippen LogP contribution in [0.1, 0.15) is 37.7 Å². The van der Waals surface area contributed by atoms with Crippen molar-refractivity contribution in [3.8, 4) is 6.07 Å². The van der Waals surface area contributed by atoms with E-state index in [4.69, 9.17) is 4.74 Å². The van der Waals surface area contributed by atoms with Gasteiger partial charge in [-0.3, -0.25) is 9.78 Å². The quantitative estimate of drug-likeness (QED) is 0.405. The molecule has 6 nitrogen and oxygen atoms in total. The first-order chi connectivity index (χ1) is 11.0. The molecule has 0 radical (unpaired) electrons. The maximum atomic E-state index is 12.6. The maximum Gasteiger partial charge on any atom is 0.339 e. The molecule has 0 aliphatic heterocycles. The number of aromatic amines is 1. The lowest BCUT2D eigenvalue weighted by Crippen LogP contribution is -2.06. The van der Waals surface area contributed by atoms with Gasteiger partial charge in [0.15, 0.2) is 0 Å². The van der Waals surface area contributed by atoms with E-state index >= 15 is 0 Å². The average molecular weight is 309 g/mol. The molecule has 0 amide bonds. The number of rotatable bonds is 4. The maximum absolute atomic E-state index is 12.6. The van der Waals surface area contributed by atoms with Crippen molar-refractivity contribution in [3.63, 3.8) is 0 Å². The van der Waals surface area contributed by atoms with E-state index in [1.54, 1.807) is 38.4 Å². The van der Waals surface area contributed by atoms with Crippen LogP contribution in [-0.2, 0) is 4.74 Å². The Morgan fingerprint density at radius 2 is 2.13 bits per heavy atom. The Morgan fingerprint density at radius 1 is 1.39 bits per heavy atom. The van der Waals surface area contributed by atoms with Crippen molar-refractivity contribution < 1.29 is 14.3 Å². The lowest BCUT2D eigenvalue weighted by molar-refractivity contribution is 0.0599. The molecule has 2 rings (SSSR count). The summed E-state index contributed by atoms with van der Waals surface area (Å²) in [5, 5.41) is 9.28.